The molecular weight excluding hydrogens is 195 g/mol. The molecular formula is C12H11FS. The zero-order valence-electron chi connectivity index (χ0n) is 7.85. The van der Waals surface area contributed by atoms with Crippen LogP contribution in [0.1, 0.15) is 23.3 Å². The second-order valence-electron chi connectivity index (χ2n) is 3.85. The van der Waals surface area contributed by atoms with E-state index in [1.807, 2.05) is 17.4 Å². The molecule has 0 aliphatic heterocycles. The monoisotopic (exact) mass is 206 g/mol. The van der Waals surface area contributed by atoms with Crippen molar-refractivity contribution in [1.29, 1.82) is 0 Å². The molecule has 0 unspecified atom stereocenters. The molecule has 0 nitrogen and oxygen atoms in total. The molecule has 0 spiro atoms. The average Bonchev–Trinajstić information content (AvgIpc) is 2.56. The quantitative estimate of drug-likeness (QED) is 0.613. The van der Waals surface area contributed by atoms with Crippen LogP contribution in [0.15, 0.2) is 18.2 Å². The first-order chi connectivity index (χ1) is 6.84. The summed E-state index contributed by atoms with van der Waals surface area (Å²) >= 11 is 1.84. The van der Waals surface area contributed by atoms with Gasteiger partial charge in [0.1, 0.15) is 5.82 Å². The van der Waals surface area contributed by atoms with Crippen LogP contribution in [0.4, 0.5) is 4.39 Å². The van der Waals surface area contributed by atoms with Crippen LogP contribution >= 0.6 is 11.3 Å². The van der Waals surface area contributed by atoms with Gasteiger partial charge in [-0.2, -0.15) is 0 Å². The Kier molecular flexibility index (Phi) is 1.84. The van der Waals surface area contributed by atoms with Gasteiger partial charge in [0.2, 0.25) is 0 Å². The molecule has 1 aliphatic carbocycles. The number of aryl methyl sites for hydroxylation is 2. The number of hydrogen-bond acceptors (Lipinski definition) is 1. The molecule has 1 aromatic carbocycles. The lowest BCUT2D eigenvalue weighted by molar-refractivity contribution is 0.629. The molecule has 1 aliphatic rings. The van der Waals surface area contributed by atoms with Crippen LogP contribution in [0.25, 0.3) is 10.1 Å². The largest absolute Gasteiger partial charge is 0.207 e. The molecule has 1 heterocycles. The second-order valence-corrected chi connectivity index (χ2v) is 4.99. The SMILES string of the molecule is Fc1ccc2sc3c(c2c1)CCCC3. The van der Waals surface area contributed by atoms with E-state index in [0.717, 1.165) is 11.8 Å². The molecule has 14 heavy (non-hydrogen) atoms. The summed E-state index contributed by atoms with van der Waals surface area (Å²) in [7, 11) is 0. The van der Waals surface area contributed by atoms with Crippen molar-refractivity contribution in [2.75, 3.05) is 0 Å². The van der Waals surface area contributed by atoms with Crippen molar-refractivity contribution in [1.82, 2.24) is 0 Å². The standard InChI is InChI=1S/C12H11FS/c13-8-5-6-12-10(7-8)9-3-1-2-4-11(9)14-12/h5-7H,1-4H2. The third-order valence-corrected chi connectivity index (χ3v) is 4.19. The molecule has 0 fully saturated rings. The van der Waals surface area contributed by atoms with Crippen molar-refractivity contribution in [3.8, 4) is 0 Å². The predicted octanol–water partition coefficient (Wildman–Crippen LogP) is 3.92. The summed E-state index contributed by atoms with van der Waals surface area (Å²) in [5.74, 6) is -0.108. The maximum Gasteiger partial charge on any atom is 0.123 e. The fourth-order valence-electron chi connectivity index (χ4n) is 2.23. The van der Waals surface area contributed by atoms with E-state index >= 15 is 0 Å². The summed E-state index contributed by atoms with van der Waals surface area (Å²) in [4.78, 5) is 1.48. The van der Waals surface area contributed by atoms with Crippen LogP contribution in [0.3, 0.4) is 0 Å². The van der Waals surface area contributed by atoms with Crippen molar-refractivity contribution in [3.63, 3.8) is 0 Å². The molecule has 0 saturated carbocycles. The maximum atomic E-state index is 13.1. The van der Waals surface area contributed by atoms with Gasteiger partial charge in [-0.05, 0) is 54.8 Å². The summed E-state index contributed by atoms with van der Waals surface area (Å²) in [6.07, 6.45) is 4.88. The Morgan fingerprint density at radius 2 is 2.00 bits per heavy atom. The molecule has 0 radical (unpaired) electrons. The predicted molar refractivity (Wildman–Crippen MR) is 58.4 cm³/mol. The van der Waals surface area contributed by atoms with Crippen LogP contribution in [0.5, 0.6) is 0 Å². The Labute approximate surface area is 86.4 Å². The molecule has 3 rings (SSSR count). The smallest absolute Gasteiger partial charge is 0.123 e. The zero-order chi connectivity index (χ0) is 9.54. The number of thiophene rings is 1. The van der Waals surface area contributed by atoms with Gasteiger partial charge in [0.05, 0.1) is 0 Å². The van der Waals surface area contributed by atoms with Crippen molar-refractivity contribution in [2.45, 2.75) is 25.7 Å². The summed E-state index contributed by atoms with van der Waals surface area (Å²) < 4.78 is 14.3. The van der Waals surface area contributed by atoms with Gasteiger partial charge < -0.3 is 0 Å². The van der Waals surface area contributed by atoms with Gasteiger partial charge in [-0.25, -0.2) is 4.39 Å². The lowest BCUT2D eigenvalue weighted by Gasteiger charge is -2.09. The summed E-state index contributed by atoms with van der Waals surface area (Å²) in [6, 6.07) is 5.16. The fraction of sp³-hybridized carbons (Fsp3) is 0.333. The van der Waals surface area contributed by atoms with Gasteiger partial charge in [0, 0.05) is 9.58 Å². The van der Waals surface area contributed by atoms with Gasteiger partial charge in [-0.15, -0.1) is 11.3 Å². The highest BCUT2D eigenvalue weighted by molar-refractivity contribution is 7.19. The Morgan fingerprint density at radius 1 is 1.14 bits per heavy atom. The fourth-order valence-corrected chi connectivity index (χ4v) is 3.51. The minimum Gasteiger partial charge on any atom is -0.207 e. The average molecular weight is 206 g/mol. The third-order valence-electron chi connectivity index (χ3n) is 2.92. The van der Waals surface area contributed by atoms with E-state index in [0.29, 0.717) is 0 Å². The third kappa shape index (κ3) is 1.17. The van der Waals surface area contributed by atoms with Crippen molar-refractivity contribution < 1.29 is 4.39 Å². The Bertz CT molecular complexity index is 484. The lowest BCUT2D eigenvalue weighted by Crippen LogP contribution is -1.97. The number of fused-ring (bicyclic) bond motifs is 3. The number of rotatable bonds is 0. The minimum absolute atomic E-state index is 0.108. The molecule has 0 saturated heterocycles. The number of hydrogen-bond donors (Lipinski definition) is 0. The number of benzene rings is 1. The number of halogens is 1. The van der Waals surface area contributed by atoms with Crippen LogP contribution < -0.4 is 0 Å². The molecule has 0 N–H and O–H groups in total. The van der Waals surface area contributed by atoms with E-state index in [2.05, 4.69) is 0 Å². The molecule has 72 valence electrons. The Hall–Kier alpha value is -0.890. The van der Waals surface area contributed by atoms with Gasteiger partial charge >= 0.3 is 0 Å². The highest BCUT2D eigenvalue weighted by Crippen LogP contribution is 2.36. The molecule has 2 heteroatoms. The van der Waals surface area contributed by atoms with E-state index in [1.165, 1.54) is 34.4 Å². The van der Waals surface area contributed by atoms with Crippen LogP contribution in [-0.4, -0.2) is 0 Å². The molecule has 0 amide bonds. The first-order valence-corrected chi connectivity index (χ1v) is 5.86. The van der Waals surface area contributed by atoms with Crippen molar-refractivity contribution in [2.24, 2.45) is 0 Å². The first-order valence-electron chi connectivity index (χ1n) is 5.04. The summed E-state index contributed by atoms with van der Waals surface area (Å²) in [5.41, 5.74) is 1.41. The van der Waals surface area contributed by atoms with Gasteiger partial charge in [0.25, 0.3) is 0 Å². The Balaban J connectivity index is 2.32. The first kappa shape index (κ1) is 8.42. The van der Waals surface area contributed by atoms with Crippen LogP contribution in [0, 0.1) is 5.82 Å². The minimum atomic E-state index is -0.108. The summed E-state index contributed by atoms with van der Waals surface area (Å²) in [5, 5.41) is 1.16. The molecule has 1 aromatic heterocycles. The van der Waals surface area contributed by atoms with E-state index in [9.17, 15) is 4.39 Å². The molecule has 0 bridgehead atoms. The Morgan fingerprint density at radius 3 is 2.93 bits per heavy atom. The summed E-state index contributed by atoms with van der Waals surface area (Å²) in [6.45, 7) is 0. The van der Waals surface area contributed by atoms with E-state index in [-0.39, 0.29) is 5.82 Å². The topological polar surface area (TPSA) is 0 Å². The maximum absolute atomic E-state index is 13.1. The van der Waals surface area contributed by atoms with Crippen molar-refractivity contribution in [3.05, 3.63) is 34.5 Å². The van der Waals surface area contributed by atoms with E-state index in [4.69, 9.17) is 0 Å². The van der Waals surface area contributed by atoms with Gasteiger partial charge in [-0.3, -0.25) is 0 Å². The van der Waals surface area contributed by atoms with E-state index in [1.54, 1.807) is 12.1 Å². The van der Waals surface area contributed by atoms with Crippen molar-refractivity contribution >= 4 is 21.4 Å². The van der Waals surface area contributed by atoms with Crippen LogP contribution in [-0.2, 0) is 12.8 Å². The normalized spacial score (nSPS) is 15.8. The highest BCUT2D eigenvalue weighted by atomic mass is 32.1. The van der Waals surface area contributed by atoms with Gasteiger partial charge in [0.15, 0.2) is 0 Å². The molecule has 2 aromatic rings. The highest BCUT2D eigenvalue weighted by Gasteiger charge is 2.15. The lowest BCUT2D eigenvalue weighted by atomic mass is 9.96. The van der Waals surface area contributed by atoms with Gasteiger partial charge in [-0.1, -0.05) is 0 Å². The van der Waals surface area contributed by atoms with E-state index < -0.39 is 0 Å². The second kappa shape index (κ2) is 3.06. The molecule has 0 atom stereocenters. The van der Waals surface area contributed by atoms with Crippen LogP contribution in [0.2, 0.25) is 0 Å². The zero-order valence-corrected chi connectivity index (χ0v) is 8.66.